The first-order valence-corrected chi connectivity index (χ1v) is 9.74. The van der Waals surface area contributed by atoms with Crippen molar-refractivity contribution in [2.24, 2.45) is 0 Å². The number of amides is 1. The van der Waals surface area contributed by atoms with Crippen LogP contribution < -0.4 is 5.32 Å². The van der Waals surface area contributed by atoms with Crippen LogP contribution in [0.25, 0.3) is 10.9 Å². The Morgan fingerprint density at radius 2 is 1.57 bits per heavy atom. The van der Waals surface area contributed by atoms with Crippen LogP contribution in [0.4, 0.5) is 0 Å². The molecule has 0 aliphatic rings. The van der Waals surface area contributed by atoms with Crippen LogP contribution in [0.1, 0.15) is 27.4 Å². The fourth-order valence-corrected chi connectivity index (χ4v) is 4.04. The first-order chi connectivity index (χ1) is 13.6. The second-order valence-electron chi connectivity index (χ2n) is 6.56. The Labute approximate surface area is 173 Å². The Hall–Kier alpha value is -2.75. The largest absolute Gasteiger partial charge is 0.361 e. The first kappa shape index (κ1) is 18.6. The molecule has 0 saturated carbocycles. The number of hydrogen-bond acceptors (Lipinski definition) is 1. The third kappa shape index (κ3) is 3.64. The number of halogens is 2. The first-order valence-electron chi connectivity index (χ1n) is 8.98. The molecule has 0 saturated heterocycles. The molecule has 0 aliphatic heterocycles. The Morgan fingerprint density at radius 1 is 0.893 bits per heavy atom. The topological polar surface area (TPSA) is 44.9 Å². The van der Waals surface area contributed by atoms with Gasteiger partial charge in [0.1, 0.15) is 0 Å². The minimum Gasteiger partial charge on any atom is -0.361 e. The summed E-state index contributed by atoms with van der Waals surface area (Å²) in [6.45, 7) is 0.423. The quantitative estimate of drug-likeness (QED) is 0.415. The Kier molecular flexibility index (Phi) is 5.38. The predicted molar refractivity (Wildman–Crippen MR) is 115 cm³/mol. The van der Waals surface area contributed by atoms with Crippen molar-refractivity contribution in [1.29, 1.82) is 0 Å². The van der Waals surface area contributed by atoms with Gasteiger partial charge in [0, 0.05) is 29.6 Å². The summed E-state index contributed by atoms with van der Waals surface area (Å²) in [5, 5.41) is 4.83. The van der Waals surface area contributed by atoms with E-state index in [2.05, 4.69) is 28.5 Å². The zero-order chi connectivity index (χ0) is 19.5. The summed E-state index contributed by atoms with van der Waals surface area (Å²) in [7, 11) is 0. The van der Waals surface area contributed by atoms with E-state index in [-0.39, 0.29) is 11.8 Å². The summed E-state index contributed by atoms with van der Waals surface area (Å²) in [6, 6.07) is 23.3. The van der Waals surface area contributed by atoms with Crippen LogP contribution >= 0.6 is 23.2 Å². The van der Waals surface area contributed by atoms with Gasteiger partial charge in [0.25, 0.3) is 5.91 Å². The maximum absolute atomic E-state index is 12.8. The molecule has 0 spiro atoms. The lowest BCUT2D eigenvalue weighted by Gasteiger charge is -2.19. The van der Waals surface area contributed by atoms with Crippen molar-refractivity contribution in [3.63, 3.8) is 0 Å². The van der Waals surface area contributed by atoms with Crippen molar-refractivity contribution in [1.82, 2.24) is 10.3 Å². The number of para-hydroxylation sites is 1. The molecule has 1 aromatic heterocycles. The monoisotopic (exact) mass is 408 g/mol. The predicted octanol–water partition coefficient (Wildman–Crippen LogP) is 6.04. The summed E-state index contributed by atoms with van der Waals surface area (Å²) in [5.41, 5.74) is 3.63. The molecule has 5 heteroatoms. The molecule has 1 unspecified atom stereocenters. The van der Waals surface area contributed by atoms with E-state index >= 15 is 0 Å². The zero-order valence-corrected chi connectivity index (χ0v) is 16.5. The van der Waals surface area contributed by atoms with Gasteiger partial charge in [-0.1, -0.05) is 77.8 Å². The van der Waals surface area contributed by atoms with Crippen LogP contribution in [0.3, 0.4) is 0 Å². The van der Waals surface area contributed by atoms with Crippen molar-refractivity contribution in [3.8, 4) is 0 Å². The Balaban J connectivity index is 1.67. The summed E-state index contributed by atoms with van der Waals surface area (Å²) in [6.07, 6.45) is 2.01. The molecule has 4 aromatic rings. The minimum absolute atomic E-state index is 0.0115. The van der Waals surface area contributed by atoms with E-state index < -0.39 is 0 Å². The van der Waals surface area contributed by atoms with Gasteiger partial charge >= 0.3 is 0 Å². The van der Waals surface area contributed by atoms with Gasteiger partial charge in [0.2, 0.25) is 0 Å². The maximum Gasteiger partial charge on any atom is 0.254 e. The molecular formula is C23H18Cl2N2O. The number of nitrogens with one attached hydrogen (secondary N) is 2. The van der Waals surface area contributed by atoms with Gasteiger partial charge in [0.15, 0.2) is 0 Å². The standard InChI is InChI=1S/C23H18Cl2N2O/c24-19-10-6-11-20(25)22(19)23(28)27-13-17(15-7-2-1-3-8-15)18-14-26-21-12-5-4-9-16(18)21/h1-12,14,17,26H,13H2,(H,27,28). The van der Waals surface area contributed by atoms with E-state index in [9.17, 15) is 4.79 Å². The summed E-state index contributed by atoms with van der Waals surface area (Å²) >= 11 is 12.4. The van der Waals surface area contributed by atoms with Gasteiger partial charge in [0.05, 0.1) is 15.6 Å². The number of carbonyl (C=O) groups is 1. The van der Waals surface area contributed by atoms with Gasteiger partial charge in [-0.05, 0) is 29.3 Å². The summed E-state index contributed by atoms with van der Waals surface area (Å²) < 4.78 is 0. The number of carbonyl (C=O) groups excluding carboxylic acids is 1. The van der Waals surface area contributed by atoms with Gasteiger partial charge in [-0.3, -0.25) is 4.79 Å². The lowest BCUT2D eigenvalue weighted by atomic mass is 9.91. The Bertz CT molecular complexity index is 1100. The van der Waals surface area contributed by atoms with Crippen molar-refractivity contribution in [2.45, 2.75) is 5.92 Å². The normalized spacial score (nSPS) is 12.1. The molecule has 0 radical (unpaired) electrons. The van der Waals surface area contributed by atoms with Crippen LogP contribution in [0, 0.1) is 0 Å². The average molecular weight is 409 g/mol. The molecule has 4 rings (SSSR count). The number of H-pyrrole nitrogens is 1. The van der Waals surface area contributed by atoms with Gasteiger partial charge in [-0.25, -0.2) is 0 Å². The Morgan fingerprint density at radius 3 is 2.32 bits per heavy atom. The highest BCUT2D eigenvalue weighted by atomic mass is 35.5. The number of aromatic nitrogens is 1. The van der Waals surface area contributed by atoms with Crippen molar-refractivity contribution >= 4 is 40.0 Å². The van der Waals surface area contributed by atoms with E-state index in [0.29, 0.717) is 22.2 Å². The number of fused-ring (bicyclic) bond motifs is 1. The van der Waals surface area contributed by atoms with E-state index in [1.54, 1.807) is 18.2 Å². The summed E-state index contributed by atoms with van der Waals surface area (Å²) in [4.78, 5) is 16.1. The van der Waals surface area contributed by atoms with Gasteiger partial charge < -0.3 is 10.3 Å². The van der Waals surface area contributed by atoms with E-state index in [4.69, 9.17) is 23.2 Å². The van der Waals surface area contributed by atoms with Crippen molar-refractivity contribution in [3.05, 3.63) is 106 Å². The van der Waals surface area contributed by atoms with Crippen LogP contribution in [0.15, 0.2) is 79.0 Å². The molecular weight excluding hydrogens is 391 g/mol. The lowest BCUT2D eigenvalue weighted by molar-refractivity contribution is 0.0953. The highest BCUT2D eigenvalue weighted by molar-refractivity contribution is 6.39. The molecule has 1 heterocycles. The van der Waals surface area contributed by atoms with Crippen molar-refractivity contribution in [2.75, 3.05) is 6.54 Å². The van der Waals surface area contributed by atoms with E-state index in [1.165, 1.54) is 0 Å². The van der Waals surface area contributed by atoms with Crippen LogP contribution in [0.2, 0.25) is 10.0 Å². The molecule has 28 heavy (non-hydrogen) atoms. The van der Waals surface area contributed by atoms with Crippen molar-refractivity contribution < 1.29 is 4.79 Å². The lowest BCUT2D eigenvalue weighted by Crippen LogP contribution is -2.29. The fourth-order valence-electron chi connectivity index (χ4n) is 3.47. The number of rotatable bonds is 5. The highest BCUT2D eigenvalue weighted by Crippen LogP contribution is 2.31. The van der Waals surface area contributed by atoms with Crippen LogP contribution in [0.5, 0.6) is 0 Å². The number of aromatic amines is 1. The fraction of sp³-hybridized carbons (Fsp3) is 0.0870. The number of benzene rings is 3. The maximum atomic E-state index is 12.8. The molecule has 2 N–H and O–H groups in total. The molecule has 1 atom stereocenters. The molecule has 1 amide bonds. The highest BCUT2D eigenvalue weighted by Gasteiger charge is 2.21. The van der Waals surface area contributed by atoms with Crippen LogP contribution in [-0.2, 0) is 0 Å². The third-order valence-electron chi connectivity index (χ3n) is 4.86. The van der Waals surface area contributed by atoms with E-state index in [0.717, 1.165) is 22.0 Å². The zero-order valence-electron chi connectivity index (χ0n) is 15.0. The van der Waals surface area contributed by atoms with Crippen LogP contribution in [-0.4, -0.2) is 17.4 Å². The van der Waals surface area contributed by atoms with E-state index in [1.807, 2.05) is 42.6 Å². The molecule has 140 valence electrons. The second-order valence-corrected chi connectivity index (χ2v) is 7.37. The van der Waals surface area contributed by atoms with Gasteiger partial charge in [-0.2, -0.15) is 0 Å². The second kappa shape index (κ2) is 8.09. The molecule has 0 fully saturated rings. The molecule has 0 aliphatic carbocycles. The average Bonchev–Trinajstić information content (AvgIpc) is 3.13. The number of hydrogen-bond donors (Lipinski definition) is 2. The summed E-state index contributed by atoms with van der Waals surface area (Å²) in [5.74, 6) is -0.293. The van der Waals surface area contributed by atoms with Gasteiger partial charge in [-0.15, -0.1) is 0 Å². The minimum atomic E-state index is -0.281. The smallest absolute Gasteiger partial charge is 0.254 e. The third-order valence-corrected chi connectivity index (χ3v) is 5.49. The molecule has 0 bridgehead atoms. The SMILES string of the molecule is O=C(NCC(c1ccccc1)c1c[nH]c2ccccc12)c1c(Cl)cccc1Cl. The molecule has 3 nitrogen and oxygen atoms in total. The molecule has 3 aromatic carbocycles.